The number of fused-ring (bicyclic) bond motifs is 11. The number of esters is 2. The Morgan fingerprint density at radius 3 is 2.33 bits per heavy atom. The van der Waals surface area contributed by atoms with Crippen molar-refractivity contribution < 1.29 is 43.2 Å². The third-order valence-corrected chi connectivity index (χ3v) is 15.3. The monoisotopic (exact) mass is 894 g/mol. The van der Waals surface area contributed by atoms with Crippen LogP contribution in [0.1, 0.15) is 134 Å². The van der Waals surface area contributed by atoms with Crippen LogP contribution < -0.4 is 10.4 Å². The normalized spacial score (nSPS) is 25.6. The van der Waals surface area contributed by atoms with E-state index in [1.54, 1.807) is 26.2 Å². The molecule has 0 unspecified atom stereocenters. The van der Waals surface area contributed by atoms with Crippen molar-refractivity contribution in [1.29, 1.82) is 0 Å². The number of hydrogen-bond donors (Lipinski definition) is 2. The van der Waals surface area contributed by atoms with Crippen LogP contribution in [0.4, 0.5) is 0 Å². The molecule has 0 spiro atoms. The van der Waals surface area contributed by atoms with Gasteiger partial charge in [-0.05, 0) is 134 Å². The summed E-state index contributed by atoms with van der Waals surface area (Å²) in [5, 5.41) is 21.7. The van der Waals surface area contributed by atoms with Gasteiger partial charge in [0.1, 0.15) is 16.9 Å². The number of aliphatic hydroxyl groups is 2. The fraction of sp³-hybridized carbons (Fsp3) is 0.446. The Bertz CT molecular complexity index is 2640. The maximum absolute atomic E-state index is 15.1. The summed E-state index contributed by atoms with van der Waals surface area (Å²) in [5.41, 5.74) is 6.10. The van der Waals surface area contributed by atoms with Gasteiger partial charge in [0.2, 0.25) is 0 Å². The SMILES string of the molecule is COCCc1c(CO)c2ccc3c(c2oc1=O)[C@H]1OC(=O)C[C@H]2C[C@@H](c4cccc(Cc5ccccc5)c4)CC[C@H]2c2ccc(cc2)CC/C(=C(\C)CO)C(=O)O[C@@H]1[C@](C)(C1CCCC1)O3. The van der Waals surface area contributed by atoms with Crippen LogP contribution in [-0.2, 0) is 49.7 Å². The molecule has 5 aliphatic rings. The van der Waals surface area contributed by atoms with E-state index in [9.17, 15) is 19.8 Å². The molecule has 2 aliphatic carbocycles. The molecule has 10 rings (SSSR count). The van der Waals surface area contributed by atoms with Crippen molar-refractivity contribution in [3.05, 3.63) is 157 Å². The second-order valence-corrected chi connectivity index (χ2v) is 19.3. The molecule has 2 saturated carbocycles. The molecule has 5 aromatic rings. The molecular weight excluding hydrogens is 833 g/mol. The molecule has 4 heterocycles. The van der Waals surface area contributed by atoms with E-state index >= 15 is 4.79 Å². The lowest BCUT2D eigenvalue weighted by atomic mass is 9.68. The number of methoxy groups -OCH3 is 1. The van der Waals surface area contributed by atoms with Crippen molar-refractivity contribution >= 4 is 22.9 Å². The van der Waals surface area contributed by atoms with Crippen LogP contribution in [0, 0.1) is 11.8 Å². The van der Waals surface area contributed by atoms with Gasteiger partial charge in [-0.1, -0.05) is 91.7 Å². The van der Waals surface area contributed by atoms with Crippen molar-refractivity contribution in [2.45, 2.75) is 127 Å². The molecule has 2 bridgehead atoms. The van der Waals surface area contributed by atoms with Gasteiger partial charge in [0.25, 0.3) is 0 Å². The number of carbonyl (C=O) groups is 2. The minimum absolute atomic E-state index is 0.0622. The molecule has 2 fully saturated rings. The second-order valence-electron chi connectivity index (χ2n) is 19.3. The minimum Gasteiger partial charge on any atom is -0.483 e. The van der Waals surface area contributed by atoms with Gasteiger partial charge in [0, 0.05) is 42.4 Å². The first-order chi connectivity index (χ1) is 32.1. The Morgan fingerprint density at radius 2 is 1.59 bits per heavy atom. The van der Waals surface area contributed by atoms with Crippen molar-refractivity contribution in [1.82, 2.24) is 0 Å². The van der Waals surface area contributed by atoms with Crippen LogP contribution >= 0.6 is 0 Å². The summed E-state index contributed by atoms with van der Waals surface area (Å²) in [6.07, 6.45) is 5.80. The van der Waals surface area contributed by atoms with E-state index in [-0.39, 0.29) is 60.9 Å². The number of ether oxygens (including phenoxy) is 4. The van der Waals surface area contributed by atoms with Gasteiger partial charge in [-0.3, -0.25) is 4.79 Å². The van der Waals surface area contributed by atoms with E-state index in [1.165, 1.54) is 22.3 Å². The van der Waals surface area contributed by atoms with Gasteiger partial charge in [0.05, 0.1) is 25.4 Å². The molecule has 346 valence electrons. The lowest BCUT2D eigenvalue weighted by Gasteiger charge is -2.48. The van der Waals surface area contributed by atoms with E-state index in [4.69, 9.17) is 23.4 Å². The maximum Gasteiger partial charge on any atom is 0.339 e. The standard InChI is InChI=1S/C56H62O10/c1-34(32-57)43-22-18-35-16-19-38(20-17-35)44-23-21-40(39-13-9-12-37(29-39)28-36-10-5-4-6-11-36)30-41(44)31-49(59)63-52-50-48(66-56(2,42-14-7-8-15-42)53(52)65-54(43)60)25-24-45-47(33-58)46(26-27-62-3)55(61)64-51(45)50/h4-6,9-13,16-17,19-20,24-25,29,40-42,44,52-53,57-58H,7-8,14-15,18,21-23,26-28,30-33H2,1-3H3/b43-34-/t40-,41+,44-,52+,53-,56-/m0/s1. The van der Waals surface area contributed by atoms with Gasteiger partial charge in [-0.2, -0.15) is 0 Å². The quantitative estimate of drug-likeness (QED) is 0.0835. The van der Waals surface area contributed by atoms with Crippen LogP contribution in [-0.4, -0.2) is 54.2 Å². The van der Waals surface area contributed by atoms with Gasteiger partial charge in [-0.25, -0.2) is 9.59 Å². The van der Waals surface area contributed by atoms with Crippen molar-refractivity contribution in [3.63, 3.8) is 0 Å². The van der Waals surface area contributed by atoms with Crippen LogP contribution in [0.5, 0.6) is 5.75 Å². The fourth-order valence-corrected chi connectivity index (χ4v) is 11.6. The van der Waals surface area contributed by atoms with Crippen LogP contribution in [0.25, 0.3) is 11.0 Å². The summed E-state index contributed by atoms with van der Waals surface area (Å²) in [4.78, 5) is 43.7. The second kappa shape index (κ2) is 19.7. The first-order valence-corrected chi connectivity index (χ1v) is 23.9. The minimum atomic E-state index is -1.24. The molecular formula is C56H62O10. The largest absolute Gasteiger partial charge is 0.483 e. The van der Waals surface area contributed by atoms with Crippen LogP contribution in [0.2, 0.25) is 0 Å². The van der Waals surface area contributed by atoms with E-state index in [0.29, 0.717) is 46.3 Å². The lowest BCUT2D eigenvalue weighted by Crippen LogP contribution is -2.58. The third kappa shape index (κ3) is 9.12. The predicted molar refractivity (Wildman–Crippen MR) is 251 cm³/mol. The predicted octanol–water partition coefficient (Wildman–Crippen LogP) is 9.92. The van der Waals surface area contributed by atoms with Gasteiger partial charge < -0.3 is 33.6 Å². The summed E-state index contributed by atoms with van der Waals surface area (Å²) in [6, 6.07) is 31.5. The summed E-state index contributed by atoms with van der Waals surface area (Å²) < 4.78 is 32.0. The number of aryl methyl sites for hydroxylation is 1. The number of carbonyl (C=O) groups excluding carboxylic acids is 2. The lowest BCUT2D eigenvalue weighted by molar-refractivity contribution is -0.199. The molecule has 2 N–H and O–H groups in total. The molecule has 4 aromatic carbocycles. The molecule has 0 saturated heterocycles. The Labute approximate surface area is 386 Å². The van der Waals surface area contributed by atoms with Crippen molar-refractivity contribution in [2.75, 3.05) is 20.3 Å². The third-order valence-electron chi connectivity index (χ3n) is 15.3. The van der Waals surface area contributed by atoms with Crippen molar-refractivity contribution in [3.8, 4) is 5.75 Å². The zero-order chi connectivity index (χ0) is 46.0. The summed E-state index contributed by atoms with van der Waals surface area (Å²) in [6.45, 7) is 3.13. The summed E-state index contributed by atoms with van der Waals surface area (Å²) in [7, 11) is 1.54. The fourth-order valence-electron chi connectivity index (χ4n) is 11.6. The zero-order valence-corrected chi connectivity index (χ0v) is 38.4. The average Bonchev–Trinajstić information content (AvgIpc) is 3.89. The molecule has 3 aliphatic heterocycles. The maximum atomic E-state index is 15.1. The highest BCUT2D eigenvalue weighted by Crippen LogP contribution is 2.53. The summed E-state index contributed by atoms with van der Waals surface area (Å²) in [5.74, 6) is -0.548. The number of benzene rings is 4. The van der Waals surface area contributed by atoms with E-state index in [1.807, 2.05) is 13.0 Å². The molecule has 0 amide bonds. The Balaban J connectivity index is 1.16. The van der Waals surface area contributed by atoms with Gasteiger partial charge >= 0.3 is 17.6 Å². The number of aliphatic hydroxyl groups excluding tert-OH is 2. The topological polar surface area (TPSA) is 142 Å². The molecule has 10 nitrogen and oxygen atoms in total. The van der Waals surface area contributed by atoms with Crippen LogP contribution in [0.3, 0.4) is 0 Å². The Hall–Kier alpha value is -5.55. The van der Waals surface area contributed by atoms with E-state index in [2.05, 4.69) is 72.8 Å². The molecule has 10 heteroatoms. The zero-order valence-electron chi connectivity index (χ0n) is 38.4. The highest BCUT2D eigenvalue weighted by atomic mass is 16.6. The highest BCUT2D eigenvalue weighted by Gasteiger charge is 2.57. The molecule has 1 aromatic heterocycles. The Morgan fingerprint density at radius 1 is 0.818 bits per heavy atom. The molecule has 6 atom stereocenters. The van der Waals surface area contributed by atoms with E-state index < -0.39 is 42.0 Å². The molecule has 0 radical (unpaired) electrons. The first kappa shape index (κ1) is 45.6. The average molecular weight is 895 g/mol. The number of rotatable bonds is 9. The van der Waals surface area contributed by atoms with Gasteiger partial charge in [0.15, 0.2) is 12.2 Å². The van der Waals surface area contributed by atoms with Crippen LogP contribution in [0.15, 0.2) is 111 Å². The number of hydrogen-bond acceptors (Lipinski definition) is 10. The molecule has 66 heavy (non-hydrogen) atoms. The Kier molecular flexibility index (Phi) is 13.6. The smallest absolute Gasteiger partial charge is 0.339 e. The van der Waals surface area contributed by atoms with E-state index in [0.717, 1.165) is 56.9 Å². The first-order valence-electron chi connectivity index (χ1n) is 23.9. The summed E-state index contributed by atoms with van der Waals surface area (Å²) >= 11 is 0. The highest BCUT2D eigenvalue weighted by molar-refractivity contribution is 5.90. The van der Waals surface area contributed by atoms with Crippen molar-refractivity contribution in [2.24, 2.45) is 11.8 Å². The van der Waals surface area contributed by atoms with Gasteiger partial charge in [-0.15, -0.1) is 0 Å².